The van der Waals surface area contributed by atoms with Crippen molar-refractivity contribution in [1.82, 2.24) is 5.32 Å². The van der Waals surface area contributed by atoms with Crippen molar-refractivity contribution in [3.63, 3.8) is 0 Å². The normalized spacial score (nSPS) is 18.4. The highest BCUT2D eigenvalue weighted by Gasteiger charge is 2.41. The quantitative estimate of drug-likeness (QED) is 0.767. The lowest BCUT2D eigenvalue weighted by Gasteiger charge is -2.34. The summed E-state index contributed by atoms with van der Waals surface area (Å²) in [6, 6.07) is 9.44. The first kappa shape index (κ1) is 14.0. The van der Waals surface area contributed by atoms with Gasteiger partial charge < -0.3 is 14.2 Å². The zero-order valence-electron chi connectivity index (χ0n) is 11.2. The number of methoxy groups -OCH3 is 1. The van der Waals surface area contributed by atoms with E-state index in [9.17, 15) is 4.79 Å². The summed E-state index contributed by atoms with van der Waals surface area (Å²) in [7, 11) is 3.11. The zero-order chi connectivity index (χ0) is 13.7. The van der Waals surface area contributed by atoms with Crippen molar-refractivity contribution in [3.8, 4) is 0 Å². The van der Waals surface area contributed by atoms with Gasteiger partial charge in [0.2, 0.25) is 0 Å². The van der Waals surface area contributed by atoms with Crippen molar-refractivity contribution in [1.29, 1.82) is 0 Å². The Hall–Kier alpha value is -1.43. The first-order chi connectivity index (χ1) is 9.23. The SMILES string of the molecule is CNC(COC1COC1)(C(=O)OC)c1ccccc1. The Morgan fingerprint density at radius 3 is 2.58 bits per heavy atom. The van der Waals surface area contributed by atoms with Crippen molar-refractivity contribution >= 4 is 5.97 Å². The van der Waals surface area contributed by atoms with Crippen LogP contribution < -0.4 is 5.32 Å². The van der Waals surface area contributed by atoms with Gasteiger partial charge in [0.1, 0.15) is 6.10 Å². The van der Waals surface area contributed by atoms with E-state index in [1.54, 1.807) is 7.05 Å². The minimum absolute atomic E-state index is 0.0566. The van der Waals surface area contributed by atoms with Gasteiger partial charge in [-0.2, -0.15) is 0 Å². The van der Waals surface area contributed by atoms with Crippen LogP contribution in [0.3, 0.4) is 0 Å². The second-order valence-electron chi connectivity index (χ2n) is 4.48. The molecule has 0 spiro atoms. The summed E-state index contributed by atoms with van der Waals surface area (Å²) in [5, 5.41) is 3.05. The van der Waals surface area contributed by atoms with Crippen molar-refractivity contribution in [2.75, 3.05) is 34.0 Å². The number of carbonyl (C=O) groups is 1. The van der Waals surface area contributed by atoms with Gasteiger partial charge in [0.15, 0.2) is 5.54 Å². The topological polar surface area (TPSA) is 56.8 Å². The number of hydrogen-bond donors (Lipinski definition) is 1. The fraction of sp³-hybridized carbons (Fsp3) is 0.500. The molecule has 0 amide bonds. The highest BCUT2D eigenvalue weighted by Crippen LogP contribution is 2.24. The third-order valence-electron chi connectivity index (χ3n) is 3.37. The van der Waals surface area contributed by atoms with E-state index in [0.717, 1.165) is 5.56 Å². The van der Waals surface area contributed by atoms with E-state index in [2.05, 4.69) is 5.32 Å². The number of esters is 1. The Bertz CT molecular complexity index is 419. The van der Waals surface area contributed by atoms with Crippen LogP contribution in [0.4, 0.5) is 0 Å². The average Bonchev–Trinajstić information content (AvgIpc) is 2.42. The number of ether oxygens (including phenoxy) is 3. The molecule has 1 aromatic rings. The number of nitrogens with one attached hydrogen (secondary N) is 1. The van der Waals surface area contributed by atoms with Crippen LogP contribution in [0.5, 0.6) is 0 Å². The predicted molar refractivity (Wildman–Crippen MR) is 69.8 cm³/mol. The molecule has 1 atom stereocenters. The summed E-state index contributed by atoms with van der Waals surface area (Å²) in [5.41, 5.74) is -0.157. The lowest BCUT2D eigenvalue weighted by atomic mass is 9.90. The first-order valence-electron chi connectivity index (χ1n) is 6.25. The molecular formula is C14H19NO4. The minimum Gasteiger partial charge on any atom is -0.467 e. The largest absolute Gasteiger partial charge is 0.467 e. The number of hydrogen-bond acceptors (Lipinski definition) is 5. The third-order valence-corrected chi connectivity index (χ3v) is 3.37. The Morgan fingerprint density at radius 2 is 2.11 bits per heavy atom. The number of benzene rings is 1. The molecule has 19 heavy (non-hydrogen) atoms. The average molecular weight is 265 g/mol. The molecule has 2 rings (SSSR count). The van der Waals surface area contributed by atoms with Crippen molar-refractivity contribution in [3.05, 3.63) is 35.9 Å². The molecule has 1 aromatic carbocycles. The molecule has 1 aliphatic heterocycles. The molecule has 1 fully saturated rings. The highest BCUT2D eigenvalue weighted by atomic mass is 16.6. The molecule has 0 aliphatic carbocycles. The lowest BCUT2D eigenvalue weighted by Crippen LogP contribution is -2.53. The summed E-state index contributed by atoms with van der Waals surface area (Å²) in [4.78, 5) is 12.2. The van der Waals surface area contributed by atoms with Crippen LogP contribution in [0.25, 0.3) is 0 Å². The Morgan fingerprint density at radius 1 is 1.42 bits per heavy atom. The van der Waals surface area contributed by atoms with Crippen LogP contribution in [0.1, 0.15) is 5.56 Å². The molecule has 0 bridgehead atoms. The van der Waals surface area contributed by atoms with Crippen LogP contribution in [0.15, 0.2) is 30.3 Å². The summed E-state index contributed by atoms with van der Waals surface area (Å²) in [6.07, 6.45) is 0.0566. The fourth-order valence-electron chi connectivity index (χ4n) is 2.03. The van der Waals surface area contributed by atoms with Crippen LogP contribution in [0.2, 0.25) is 0 Å². The molecule has 5 heteroatoms. The van der Waals surface area contributed by atoms with Gasteiger partial charge in [-0.3, -0.25) is 5.32 Å². The first-order valence-corrected chi connectivity index (χ1v) is 6.25. The van der Waals surface area contributed by atoms with Crippen LogP contribution >= 0.6 is 0 Å². The molecule has 5 nitrogen and oxygen atoms in total. The minimum atomic E-state index is -0.981. The van der Waals surface area contributed by atoms with Gasteiger partial charge in [-0.15, -0.1) is 0 Å². The maximum absolute atomic E-state index is 12.2. The fourth-order valence-corrected chi connectivity index (χ4v) is 2.03. The van der Waals surface area contributed by atoms with Crippen molar-refractivity contribution < 1.29 is 19.0 Å². The summed E-state index contributed by atoms with van der Waals surface area (Å²) in [6.45, 7) is 1.37. The summed E-state index contributed by atoms with van der Waals surface area (Å²) >= 11 is 0. The van der Waals surface area contributed by atoms with Gasteiger partial charge in [-0.25, -0.2) is 4.79 Å². The van der Waals surface area contributed by atoms with E-state index in [1.807, 2.05) is 30.3 Å². The van der Waals surface area contributed by atoms with E-state index >= 15 is 0 Å². The molecular weight excluding hydrogens is 246 g/mol. The summed E-state index contributed by atoms with van der Waals surface area (Å²) in [5.74, 6) is -0.360. The standard InChI is InChI=1S/C14H19NO4/c1-15-14(13(16)17-2,10-19-12-8-18-9-12)11-6-4-3-5-7-11/h3-7,12,15H,8-10H2,1-2H3. The zero-order valence-corrected chi connectivity index (χ0v) is 11.2. The number of rotatable bonds is 6. The monoisotopic (exact) mass is 265 g/mol. The van der Waals surface area contributed by atoms with E-state index < -0.39 is 5.54 Å². The maximum Gasteiger partial charge on any atom is 0.333 e. The van der Waals surface area contributed by atoms with E-state index in [1.165, 1.54) is 7.11 Å². The van der Waals surface area contributed by atoms with Gasteiger partial charge in [0.05, 0.1) is 26.9 Å². The van der Waals surface area contributed by atoms with E-state index in [4.69, 9.17) is 14.2 Å². The van der Waals surface area contributed by atoms with Crippen LogP contribution in [-0.2, 0) is 24.5 Å². The third kappa shape index (κ3) is 2.78. The Labute approximate surface area is 112 Å². The second kappa shape index (κ2) is 6.14. The molecule has 1 aliphatic rings. The van der Waals surface area contributed by atoms with Crippen molar-refractivity contribution in [2.24, 2.45) is 0 Å². The predicted octanol–water partition coefficient (Wildman–Crippen LogP) is 0.690. The van der Waals surface area contributed by atoms with Gasteiger partial charge in [0, 0.05) is 0 Å². The Balaban J connectivity index is 2.22. The molecule has 1 heterocycles. The van der Waals surface area contributed by atoms with Crippen LogP contribution in [0, 0.1) is 0 Å². The molecule has 0 saturated carbocycles. The highest BCUT2D eigenvalue weighted by molar-refractivity contribution is 5.82. The number of likely N-dealkylation sites (N-methyl/N-ethyl adjacent to an activating group) is 1. The van der Waals surface area contributed by atoms with Crippen molar-refractivity contribution in [2.45, 2.75) is 11.6 Å². The smallest absolute Gasteiger partial charge is 0.333 e. The van der Waals surface area contributed by atoms with E-state index in [0.29, 0.717) is 13.2 Å². The molecule has 1 saturated heterocycles. The Kier molecular flexibility index (Phi) is 4.52. The van der Waals surface area contributed by atoms with E-state index in [-0.39, 0.29) is 18.7 Å². The maximum atomic E-state index is 12.2. The van der Waals surface area contributed by atoms with Gasteiger partial charge >= 0.3 is 5.97 Å². The molecule has 1 N–H and O–H groups in total. The molecule has 0 radical (unpaired) electrons. The molecule has 104 valence electrons. The van der Waals surface area contributed by atoms with Gasteiger partial charge in [-0.05, 0) is 12.6 Å². The van der Waals surface area contributed by atoms with Gasteiger partial charge in [0.25, 0.3) is 0 Å². The molecule has 1 unspecified atom stereocenters. The van der Waals surface area contributed by atoms with Gasteiger partial charge in [-0.1, -0.05) is 30.3 Å². The second-order valence-corrected chi connectivity index (χ2v) is 4.48. The lowest BCUT2D eigenvalue weighted by molar-refractivity contribution is -0.165. The van der Waals surface area contributed by atoms with Crippen LogP contribution in [-0.4, -0.2) is 46.1 Å². The molecule has 0 aromatic heterocycles. The summed E-state index contributed by atoms with van der Waals surface area (Å²) < 4.78 is 15.7. The number of carbonyl (C=O) groups excluding carboxylic acids is 1.